The largest absolute Gasteiger partial charge is 0.490 e. The number of hydrogen-bond acceptors (Lipinski definition) is 2. The first-order valence-electron chi connectivity index (χ1n) is 6.78. The molecule has 3 N–H and O–H groups in total. The lowest BCUT2D eigenvalue weighted by molar-refractivity contribution is 0.182. The molecule has 2 rings (SSSR count). The zero-order valence-corrected chi connectivity index (χ0v) is 11.0. The first kappa shape index (κ1) is 12.9. The molecule has 0 amide bonds. The van der Waals surface area contributed by atoms with Crippen molar-refractivity contribution in [3.63, 3.8) is 0 Å². The van der Waals surface area contributed by atoms with Crippen molar-refractivity contribution in [2.45, 2.75) is 51.6 Å². The third-order valence-electron chi connectivity index (χ3n) is 3.58. The van der Waals surface area contributed by atoms with Crippen molar-refractivity contribution in [1.29, 1.82) is 5.41 Å². The third-order valence-corrected chi connectivity index (χ3v) is 3.58. The van der Waals surface area contributed by atoms with E-state index in [-0.39, 0.29) is 5.84 Å². The topological polar surface area (TPSA) is 59.1 Å². The van der Waals surface area contributed by atoms with Crippen LogP contribution in [0, 0.1) is 12.3 Å². The molecular formula is C15H22N2O. The number of rotatable bonds is 3. The minimum absolute atomic E-state index is 0.110. The van der Waals surface area contributed by atoms with Crippen LogP contribution in [-0.2, 0) is 0 Å². The second-order valence-electron chi connectivity index (χ2n) is 5.13. The lowest BCUT2D eigenvalue weighted by atomic mass is 10.1. The maximum atomic E-state index is 7.42. The van der Waals surface area contributed by atoms with Gasteiger partial charge in [0, 0.05) is 5.56 Å². The normalized spacial score (nSPS) is 17.2. The maximum absolute atomic E-state index is 7.42. The first-order valence-corrected chi connectivity index (χ1v) is 6.78. The van der Waals surface area contributed by atoms with Gasteiger partial charge < -0.3 is 10.5 Å². The molecule has 1 aromatic rings. The summed E-state index contributed by atoms with van der Waals surface area (Å²) in [6, 6.07) is 5.73. The quantitative estimate of drug-likeness (QED) is 0.488. The fraction of sp³-hybridized carbons (Fsp3) is 0.533. The Kier molecular flexibility index (Phi) is 4.24. The Labute approximate surface area is 109 Å². The Balaban J connectivity index is 2.06. The van der Waals surface area contributed by atoms with Gasteiger partial charge in [-0.1, -0.05) is 12.8 Å². The highest BCUT2D eigenvalue weighted by Crippen LogP contribution is 2.25. The highest BCUT2D eigenvalue weighted by molar-refractivity contribution is 5.95. The highest BCUT2D eigenvalue weighted by Gasteiger charge is 2.14. The number of nitrogens with two attached hydrogens (primary N) is 1. The van der Waals surface area contributed by atoms with E-state index in [1.807, 2.05) is 25.1 Å². The van der Waals surface area contributed by atoms with Gasteiger partial charge in [-0.3, -0.25) is 5.41 Å². The van der Waals surface area contributed by atoms with Crippen LogP contribution >= 0.6 is 0 Å². The van der Waals surface area contributed by atoms with E-state index in [2.05, 4.69) is 0 Å². The van der Waals surface area contributed by atoms with Crippen molar-refractivity contribution in [3.05, 3.63) is 29.3 Å². The van der Waals surface area contributed by atoms with Crippen molar-refractivity contribution in [3.8, 4) is 5.75 Å². The van der Waals surface area contributed by atoms with E-state index in [0.29, 0.717) is 6.10 Å². The lowest BCUT2D eigenvalue weighted by Gasteiger charge is -2.18. The number of hydrogen-bond donors (Lipinski definition) is 2. The van der Waals surface area contributed by atoms with Crippen molar-refractivity contribution in [1.82, 2.24) is 0 Å². The maximum Gasteiger partial charge on any atom is 0.122 e. The Bertz CT molecular complexity index is 421. The molecule has 0 aromatic heterocycles. The molecule has 18 heavy (non-hydrogen) atoms. The minimum Gasteiger partial charge on any atom is -0.490 e. The van der Waals surface area contributed by atoms with Crippen molar-refractivity contribution >= 4 is 5.84 Å². The van der Waals surface area contributed by atoms with E-state index in [4.69, 9.17) is 15.9 Å². The van der Waals surface area contributed by atoms with Crippen LogP contribution in [0.1, 0.15) is 49.7 Å². The Morgan fingerprint density at radius 1 is 1.22 bits per heavy atom. The molecule has 1 aliphatic rings. The zero-order chi connectivity index (χ0) is 13.0. The van der Waals surface area contributed by atoms with Gasteiger partial charge in [-0.2, -0.15) is 0 Å². The molecule has 0 atom stereocenters. The number of ether oxygens (including phenoxy) is 1. The van der Waals surface area contributed by atoms with Gasteiger partial charge in [0.15, 0.2) is 0 Å². The summed E-state index contributed by atoms with van der Waals surface area (Å²) in [4.78, 5) is 0. The van der Waals surface area contributed by atoms with Gasteiger partial charge in [0.05, 0.1) is 6.10 Å². The second kappa shape index (κ2) is 5.89. The smallest absolute Gasteiger partial charge is 0.122 e. The van der Waals surface area contributed by atoms with Gasteiger partial charge in [-0.25, -0.2) is 0 Å². The molecule has 3 nitrogen and oxygen atoms in total. The molecule has 0 unspecified atom stereocenters. The van der Waals surface area contributed by atoms with Gasteiger partial charge in [0.2, 0.25) is 0 Å². The molecule has 1 saturated carbocycles. The van der Waals surface area contributed by atoms with E-state index >= 15 is 0 Å². The summed E-state index contributed by atoms with van der Waals surface area (Å²) in [7, 11) is 0. The standard InChI is InChI=1S/C15H22N2O/c1-11-10-12(15(16)17)8-9-14(11)18-13-6-4-2-3-5-7-13/h8-10,13H,2-7H2,1H3,(H3,16,17). The zero-order valence-electron chi connectivity index (χ0n) is 11.0. The number of nitrogens with one attached hydrogen (secondary N) is 1. The predicted octanol–water partition coefficient (Wildman–Crippen LogP) is 3.38. The molecule has 0 bridgehead atoms. The molecule has 0 heterocycles. The van der Waals surface area contributed by atoms with Gasteiger partial charge >= 0.3 is 0 Å². The summed E-state index contributed by atoms with van der Waals surface area (Å²) in [6.07, 6.45) is 7.89. The van der Waals surface area contributed by atoms with Crippen LogP contribution in [0.5, 0.6) is 5.75 Å². The molecule has 1 fully saturated rings. The third kappa shape index (κ3) is 3.25. The van der Waals surface area contributed by atoms with E-state index in [1.54, 1.807) is 0 Å². The van der Waals surface area contributed by atoms with Crippen LogP contribution in [-0.4, -0.2) is 11.9 Å². The summed E-state index contributed by atoms with van der Waals surface area (Å²) >= 11 is 0. The number of nitrogen functional groups attached to an aromatic ring is 1. The summed E-state index contributed by atoms with van der Waals surface area (Å²) in [6.45, 7) is 2.01. The monoisotopic (exact) mass is 246 g/mol. The fourth-order valence-electron chi connectivity index (χ4n) is 2.49. The first-order chi connectivity index (χ1) is 8.66. The number of aryl methyl sites for hydroxylation is 1. The minimum atomic E-state index is 0.110. The van der Waals surface area contributed by atoms with Crippen LogP contribution in [0.2, 0.25) is 0 Å². The molecule has 98 valence electrons. The van der Waals surface area contributed by atoms with Crippen molar-refractivity contribution in [2.24, 2.45) is 5.73 Å². The lowest BCUT2D eigenvalue weighted by Crippen LogP contribution is -2.16. The van der Waals surface area contributed by atoms with E-state index in [0.717, 1.165) is 29.7 Å². The Morgan fingerprint density at radius 3 is 2.44 bits per heavy atom. The van der Waals surface area contributed by atoms with Crippen molar-refractivity contribution < 1.29 is 4.74 Å². The van der Waals surface area contributed by atoms with Crippen LogP contribution < -0.4 is 10.5 Å². The summed E-state index contributed by atoms with van der Waals surface area (Å²) in [5.41, 5.74) is 7.31. The van der Waals surface area contributed by atoms with E-state index < -0.39 is 0 Å². The molecule has 1 aliphatic carbocycles. The second-order valence-corrected chi connectivity index (χ2v) is 5.13. The summed E-state index contributed by atoms with van der Waals surface area (Å²) < 4.78 is 6.09. The Hall–Kier alpha value is -1.51. The van der Waals surface area contributed by atoms with Gasteiger partial charge in [0.25, 0.3) is 0 Å². The predicted molar refractivity (Wildman–Crippen MR) is 74.3 cm³/mol. The SMILES string of the molecule is Cc1cc(C(=N)N)ccc1OC1CCCCCC1. The van der Waals surface area contributed by atoms with Crippen LogP contribution in [0.15, 0.2) is 18.2 Å². The van der Waals surface area contributed by atoms with Crippen LogP contribution in [0.25, 0.3) is 0 Å². The number of amidine groups is 1. The fourth-order valence-corrected chi connectivity index (χ4v) is 2.49. The molecule has 0 spiro atoms. The van der Waals surface area contributed by atoms with Crippen molar-refractivity contribution in [2.75, 3.05) is 0 Å². The van der Waals surface area contributed by atoms with Gasteiger partial charge in [0.1, 0.15) is 11.6 Å². The molecule has 3 heteroatoms. The molecule has 0 radical (unpaired) electrons. The molecular weight excluding hydrogens is 224 g/mol. The molecule has 0 aliphatic heterocycles. The van der Waals surface area contributed by atoms with Gasteiger partial charge in [-0.05, 0) is 56.4 Å². The average Bonchev–Trinajstić information content (AvgIpc) is 2.60. The highest BCUT2D eigenvalue weighted by atomic mass is 16.5. The van der Waals surface area contributed by atoms with Gasteiger partial charge in [-0.15, -0.1) is 0 Å². The molecule has 1 aromatic carbocycles. The van der Waals surface area contributed by atoms with Crippen LogP contribution in [0.4, 0.5) is 0 Å². The average molecular weight is 246 g/mol. The van der Waals surface area contributed by atoms with E-state index in [1.165, 1.54) is 25.7 Å². The number of benzene rings is 1. The van der Waals surface area contributed by atoms with Crippen LogP contribution in [0.3, 0.4) is 0 Å². The summed E-state index contributed by atoms with van der Waals surface area (Å²) in [5.74, 6) is 1.05. The van der Waals surface area contributed by atoms with E-state index in [9.17, 15) is 0 Å². The molecule has 0 saturated heterocycles. The summed E-state index contributed by atoms with van der Waals surface area (Å²) in [5, 5.41) is 7.42. The Morgan fingerprint density at radius 2 is 1.89 bits per heavy atom.